The molecule has 0 aromatic heterocycles. The number of hydrogen-bond acceptors (Lipinski definition) is 5. The van der Waals surface area contributed by atoms with E-state index in [9.17, 15) is 19.1 Å². The molecule has 5 rings (SSSR count). The van der Waals surface area contributed by atoms with Gasteiger partial charge in [0.15, 0.2) is 0 Å². The van der Waals surface area contributed by atoms with Crippen LogP contribution in [-0.4, -0.2) is 46.0 Å². The van der Waals surface area contributed by atoms with Gasteiger partial charge in [0.05, 0.1) is 19.2 Å². The summed E-state index contributed by atoms with van der Waals surface area (Å²) < 4.78 is 13.3. The van der Waals surface area contributed by atoms with E-state index in [1.54, 1.807) is 39.3 Å². The number of aliphatic hydroxyl groups is 1. The Balaban J connectivity index is 1.31. The van der Waals surface area contributed by atoms with Crippen LogP contribution in [0.1, 0.15) is 30.0 Å². The maximum Gasteiger partial charge on any atom is 0.251 e. The number of carbonyl (C=O) groups is 2. The Kier molecular flexibility index (Phi) is 5.40. The maximum absolute atomic E-state index is 13.3. The molecule has 0 spiro atoms. The standard InChI is InChI=1S/C24H25FN4O3/c25-18-7-5-17(6-8-18)22-20(15-30)23-24(32)27(12-13-29(23)26-22)14-16-3-9-19(10-4-16)28-11-1-2-21(28)31/h3-10,12-13,20,22-23,26,30H,1-2,11,14-15H2. The van der Waals surface area contributed by atoms with Crippen molar-refractivity contribution in [3.63, 3.8) is 0 Å². The molecule has 3 aliphatic rings. The minimum Gasteiger partial charge on any atom is -0.396 e. The molecule has 8 heteroatoms. The molecule has 2 aromatic carbocycles. The molecule has 3 atom stereocenters. The summed E-state index contributed by atoms with van der Waals surface area (Å²) >= 11 is 0. The molecule has 32 heavy (non-hydrogen) atoms. The van der Waals surface area contributed by atoms with E-state index < -0.39 is 6.04 Å². The van der Waals surface area contributed by atoms with E-state index in [2.05, 4.69) is 5.43 Å². The summed E-state index contributed by atoms with van der Waals surface area (Å²) in [6.07, 6.45) is 5.00. The molecule has 2 amide bonds. The van der Waals surface area contributed by atoms with Gasteiger partial charge in [-0.2, -0.15) is 0 Å². The molecule has 2 aromatic rings. The molecule has 2 fully saturated rings. The van der Waals surface area contributed by atoms with Gasteiger partial charge in [0.25, 0.3) is 5.91 Å². The van der Waals surface area contributed by atoms with Gasteiger partial charge in [-0.05, 0) is 41.8 Å². The van der Waals surface area contributed by atoms with Crippen LogP contribution in [0.2, 0.25) is 0 Å². The second kappa shape index (κ2) is 8.37. The van der Waals surface area contributed by atoms with Crippen LogP contribution in [0.3, 0.4) is 0 Å². The van der Waals surface area contributed by atoms with E-state index in [4.69, 9.17) is 0 Å². The van der Waals surface area contributed by atoms with Crippen molar-refractivity contribution in [2.45, 2.75) is 31.5 Å². The molecule has 7 nitrogen and oxygen atoms in total. The fourth-order valence-electron chi connectivity index (χ4n) is 4.79. The molecular formula is C24H25FN4O3. The lowest BCUT2D eigenvalue weighted by molar-refractivity contribution is -0.136. The Labute approximate surface area is 185 Å². The van der Waals surface area contributed by atoms with E-state index in [-0.39, 0.29) is 36.2 Å². The van der Waals surface area contributed by atoms with Crippen molar-refractivity contribution in [3.8, 4) is 0 Å². The number of hydrogen-bond donors (Lipinski definition) is 2. The summed E-state index contributed by atoms with van der Waals surface area (Å²) in [5.74, 6) is -0.662. The largest absolute Gasteiger partial charge is 0.396 e. The van der Waals surface area contributed by atoms with Crippen molar-refractivity contribution in [3.05, 3.63) is 77.9 Å². The number of nitrogens with zero attached hydrogens (tertiary/aromatic N) is 3. The number of benzene rings is 2. The van der Waals surface area contributed by atoms with Crippen LogP contribution in [0, 0.1) is 11.7 Å². The number of amides is 2. The SMILES string of the molecule is O=C1C2C(CO)C(c3ccc(F)cc3)NN2C=CN1Cc1ccc(N2CCCC2=O)cc1. The zero-order valence-corrected chi connectivity index (χ0v) is 17.5. The van der Waals surface area contributed by atoms with Gasteiger partial charge in [-0.1, -0.05) is 24.3 Å². The van der Waals surface area contributed by atoms with Gasteiger partial charge in [0, 0.05) is 37.0 Å². The quantitative estimate of drug-likeness (QED) is 0.752. The Morgan fingerprint density at radius 3 is 2.44 bits per heavy atom. The average molecular weight is 436 g/mol. The topological polar surface area (TPSA) is 76.1 Å². The van der Waals surface area contributed by atoms with E-state index >= 15 is 0 Å². The predicted octanol–water partition coefficient (Wildman–Crippen LogP) is 2.30. The Hall–Kier alpha value is -3.23. The number of nitrogens with one attached hydrogen (secondary N) is 1. The van der Waals surface area contributed by atoms with Gasteiger partial charge >= 0.3 is 0 Å². The summed E-state index contributed by atoms with van der Waals surface area (Å²) in [4.78, 5) is 28.7. The van der Waals surface area contributed by atoms with Gasteiger partial charge in [0.2, 0.25) is 5.91 Å². The number of hydrazine groups is 1. The van der Waals surface area contributed by atoms with Crippen molar-refractivity contribution in [1.82, 2.24) is 15.3 Å². The van der Waals surface area contributed by atoms with Crippen LogP contribution in [0.15, 0.2) is 60.9 Å². The fourth-order valence-corrected chi connectivity index (χ4v) is 4.79. The zero-order valence-electron chi connectivity index (χ0n) is 17.5. The molecule has 2 N–H and O–H groups in total. The normalized spacial score (nSPS) is 25.1. The summed E-state index contributed by atoms with van der Waals surface area (Å²) in [5.41, 5.74) is 5.92. The first-order valence-electron chi connectivity index (χ1n) is 10.8. The highest BCUT2D eigenvalue weighted by Crippen LogP contribution is 2.36. The summed E-state index contributed by atoms with van der Waals surface area (Å²) in [7, 11) is 0. The summed E-state index contributed by atoms with van der Waals surface area (Å²) in [6.45, 7) is 0.962. The van der Waals surface area contributed by atoms with Crippen molar-refractivity contribution in [1.29, 1.82) is 0 Å². The van der Waals surface area contributed by atoms with Gasteiger partial charge < -0.3 is 19.9 Å². The lowest BCUT2D eigenvalue weighted by Gasteiger charge is -2.33. The molecule has 3 unspecified atom stereocenters. The van der Waals surface area contributed by atoms with E-state index in [1.165, 1.54) is 12.1 Å². The number of anilines is 1. The zero-order chi connectivity index (χ0) is 22.2. The molecular weight excluding hydrogens is 411 g/mol. The first-order valence-corrected chi connectivity index (χ1v) is 10.8. The molecule has 0 radical (unpaired) electrons. The van der Waals surface area contributed by atoms with Crippen molar-refractivity contribution >= 4 is 17.5 Å². The smallest absolute Gasteiger partial charge is 0.251 e. The molecule has 3 heterocycles. The lowest BCUT2D eigenvalue weighted by Crippen LogP contribution is -2.50. The van der Waals surface area contributed by atoms with Crippen molar-refractivity contribution in [2.75, 3.05) is 18.1 Å². The third kappa shape index (κ3) is 3.65. The van der Waals surface area contributed by atoms with Crippen molar-refractivity contribution in [2.24, 2.45) is 5.92 Å². The van der Waals surface area contributed by atoms with Crippen LogP contribution in [0.5, 0.6) is 0 Å². The number of carbonyl (C=O) groups excluding carboxylic acids is 2. The minimum absolute atomic E-state index is 0.109. The Bertz CT molecular complexity index is 1040. The van der Waals surface area contributed by atoms with E-state index in [0.717, 1.165) is 29.8 Å². The average Bonchev–Trinajstić information content (AvgIpc) is 3.40. The highest BCUT2D eigenvalue weighted by molar-refractivity contribution is 5.95. The first kappa shape index (κ1) is 20.7. The minimum atomic E-state index is -0.554. The fraction of sp³-hybridized carbons (Fsp3) is 0.333. The monoisotopic (exact) mass is 436 g/mol. The molecule has 0 aliphatic carbocycles. The molecule has 0 saturated carbocycles. The third-order valence-electron chi connectivity index (χ3n) is 6.48. The second-order valence-electron chi connectivity index (χ2n) is 8.44. The highest BCUT2D eigenvalue weighted by Gasteiger charge is 2.47. The van der Waals surface area contributed by atoms with Gasteiger partial charge in [-0.3, -0.25) is 9.59 Å². The number of halogens is 1. The van der Waals surface area contributed by atoms with Crippen LogP contribution in [0.25, 0.3) is 0 Å². The van der Waals surface area contributed by atoms with Crippen LogP contribution >= 0.6 is 0 Å². The highest BCUT2D eigenvalue weighted by atomic mass is 19.1. The first-order chi connectivity index (χ1) is 15.5. The molecule has 166 valence electrons. The Morgan fingerprint density at radius 2 is 1.78 bits per heavy atom. The molecule has 0 bridgehead atoms. The lowest BCUT2D eigenvalue weighted by atomic mass is 9.89. The third-order valence-corrected chi connectivity index (χ3v) is 6.48. The van der Waals surface area contributed by atoms with E-state index in [1.807, 2.05) is 24.3 Å². The maximum atomic E-state index is 13.3. The number of aliphatic hydroxyl groups excluding tert-OH is 1. The summed E-state index contributed by atoms with van der Waals surface area (Å²) in [5, 5.41) is 11.8. The van der Waals surface area contributed by atoms with Crippen molar-refractivity contribution < 1.29 is 19.1 Å². The second-order valence-corrected chi connectivity index (χ2v) is 8.44. The number of rotatable bonds is 5. The predicted molar refractivity (Wildman–Crippen MR) is 116 cm³/mol. The van der Waals surface area contributed by atoms with Gasteiger partial charge in [-0.15, -0.1) is 0 Å². The molecule has 2 saturated heterocycles. The summed E-state index contributed by atoms with van der Waals surface area (Å²) in [6, 6.07) is 13.0. The van der Waals surface area contributed by atoms with Crippen LogP contribution in [-0.2, 0) is 16.1 Å². The van der Waals surface area contributed by atoms with E-state index in [0.29, 0.717) is 13.0 Å². The van der Waals surface area contributed by atoms with Crippen LogP contribution < -0.4 is 10.3 Å². The Morgan fingerprint density at radius 1 is 1.03 bits per heavy atom. The van der Waals surface area contributed by atoms with Gasteiger partial charge in [0.1, 0.15) is 11.9 Å². The number of fused-ring (bicyclic) bond motifs is 1. The van der Waals surface area contributed by atoms with Gasteiger partial charge in [-0.25, -0.2) is 9.82 Å². The van der Waals surface area contributed by atoms with Crippen LogP contribution in [0.4, 0.5) is 10.1 Å². The molecule has 3 aliphatic heterocycles.